The van der Waals surface area contributed by atoms with Crippen LogP contribution in [0, 0.1) is 0 Å². The van der Waals surface area contributed by atoms with Crippen LogP contribution in [0.2, 0.25) is 0 Å². The minimum atomic E-state index is -0.359. The highest BCUT2D eigenvalue weighted by atomic mass is 79.9. The number of piperazine rings is 1. The molecule has 1 amide bonds. The van der Waals surface area contributed by atoms with Crippen LogP contribution in [0.5, 0.6) is 0 Å². The molecule has 2 aliphatic heterocycles. The van der Waals surface area contributed by atoms with Crippen LogP contribution in [0.25, 0.3) is 0 Å². The molecular weight excluding hydrogens is 436 g/mol. The van der Waals surface area contributed by atoms with Crippen molar-refractivity contribution in [2.45, 2.75) is 24.5 Å². The third-order valence-corrected chi connectivity index (χ3v) is 6.39. The Morgan fingerprint density at radius 3 is 2.48 bits per heavy atom. The van der Waals surface area contributed by atoms with Crippen molar-refractivity contribution in [1.29, 1.82) is 0 Å². The van der Waals surface area contributed by atoms with Gasteiger partial charge in [-0.15, -0.1) is 0 Å². The fraction of sp³-hybridized carbons (Fsp3) is 0.364. The van der Waals surface area contributed by atoms with E-state index < -0.39 is 0 Å². The Balaban J connectivity index is 1.49. The summed E-state index contributed by atoms with van der Waals surface area (Å²) >= 11 is 3.46. The molecule has 0 spiro atoms. The van der Waals surface area contributed by atoms with Crippen molar-refractivity contribution < 1.29 is 19.4 Å². The Hall–Kier alpha value is -2.22. The van der Waals surface area contributed by atoms with Crippen LogP contribution in [-0.4, -0.2) is 65.7 Å². The van der Waals surface area contributed by atoms with Crippen LogP contribution in [0.15, 0.2) is 53.0 Å². The van der Waals surface area contributed by atoms with Gasteiger partial charge in [-0.2, -0.15) is 0 Å². The number of halogens is 1. The number of aliphatic hydroxyl groups is 1. The van der Waals surface area contributed by atoms with Crippen molar-refractivity contribution in [3.05, 3.63) is 69.7 Å². The summed E-state index contributed by atoms with van der Waals surface area (Å²) in [4.78, 5) is 28.3. The molecule has 0 aromatic heterocycles. The van der Waals surface area contributed by atoms with Crippen LogP contribution in [0.4, 0.5) is 0 Å². The number of rotatable bonds is 5. The lowest BCUT2D eigenvalue weighted by Gasteiger charge is -2.59. The number of esters is 1. The second-order valence-electron chi connectivity index (χ2n) is 7.55. The minimum Gasteiger partial charge on any atom is -0.465 e. The third kappa shape index (κ3) is 3.82. The summed E-state index contributed by atoms with van der Waals surface area (Å²) in [5, 5.41) is 9.87. The highest BCUT2D eigenvalue weighted by Gasteiger charge is 2.53. The van der Waals surface area contributed by atoms with Crippen LogP contribution in [0.3, 0.4) is 0 Å². The normalized spacial score (nSPS) is 24.0. The summed E-state index contributed by atoms with van der Waals surface area (Å²) in [6, 6.07) is 15.3. The van der Waals surface area contributed by atoms with Crippen LogP contribution in [-0.2, 0) is 16.1 Å². The van der Waals surface area contributed by atoms with E-state index in [9.17, 15) is 14.7 Å². The quantitative estimate of drug-likeness (QED) is 0.696. The lowest BCUT2D eigenvalue weighted by molar-refractivity contribution is -0.162. The Morgan fingerprint density at radius 2 is 1.86 bits per heavy atom. The Labute approximate surface area is 178 Å². The van der Waals surface area contributed by atoms with Gasteiger partial charge in [-0.3, -0.25) is 9.69 Å². The Bertz CT molecular complexity index is 900. The first-order chi connectivity index (χ1) is 14.0. The van der Waals surface area contributed by atoms with Crippen molar-refractivity contribution in [2.24, 2.45) is 0 Å². The third-order valence-electron chi connectivity index (χ3n) is 5.86. The number of ether oxygens (including phenoxy) is 1. The van der Waals surface area contributed by atoms with E-state index >= 15 is 0 Å². The number of nitrogens with zero attached hydrogens (tertiary/aromatic N) is 2. The van der Waals surface area contributed by atoms with E-state index in [-0.39, 0.29) is 36.5 Å². The second kappa shape index (κ2) is 8.26. The maximum Gasteiger partial charge on any atom is 0.337 e. The van der Waals surface area contributed by atoms with E-state index in [1.807, 2.05) is 29.2 Å². The topological polar surface area (TPSA) is 70.1 Å². The molecule has 0 bridgehead atoms. The molecule has 2 aliphatic rings. The molecule has 3 atom stereocenters. The molecule has 152 valence electrons. The van der Waals surface area contributed by atoms with Gasteiger partial charge in [0.15, 0.2) is 0 Å². The molecule has 2 saturated heterocycles. The molecule has 1 N–H and O–H groups in total. The number of carbonyl (C=O) groups excluding carboxylic acids is 2. The van der Waals surface area contributed by atoms with Crippen LogP contribution in [0.1, 0.15) is 27.4 Å². The summed E-state index contributed by atoms with van der Waals surface area (Å²) in [6.07, 6.45) is 0. The number of benzene rings is 2. The zero-order chi connectivity index (χ0) is 20.5. The van der Waals surface area contributed by atoms with Crippen molar-refractivity contribution in [1.82, 2.24) is 9.80 Å². The molecule has 6 nitrogen and oxygen atoms in total. The molecule has 2 fully saturated rings. The van der Waals surface area contributed by atoms with Gasteiger partial charge in [0.25, 0.3) is 0 Å². The SMILES string of the molecule is COC(=O)c1ccc(CN2CC(=O)N3[C@H](CO)[C@@H](c4ccc(Br)cc4)[C@@H]3C2)cc1. The molecule has 0 saturated carbocycles. The summed E-state index contributed by atoms with van der Waals surface area (Å²) in [5.41, 5.74) is 2.69. The van der Waals surface area contributed by atoms with Gasteiger partial charge in [0.05, 0.1) is 37.9 Å². The molecule has 7 heteroatoms. The Morgan fingerprint density at radius 1 is 1.17 bits per heavy atom. The molecule has 2 aromatic carbocycles. The highest BCUT2D eigenvalue weighted by Crippen LogP contribution is 2.43. The number of amides is 1. The van der Waals surface area contributed by atoms with Crippen LogP contribution < -0.4 is 0 Å². The molecule has 2 aromatic rings. The largest absolute Gasteiger partial charge is 0.465 e. The van der Waals surface area contributed by atoms with E-state index in [1.54, 1.807) is 12.1 Å². The number of fused-ring (bicyclic) bond motifs is 1. The number of carbonyl (C=O) groups is 2. The van der Waals surface area contributed by atoms with Crippen molar-refractivity contribution in [2.75, 3.05) is 26.8 Å². The molecule has 0 aliphatic carbocycles. The standard InChI is InChI=1S/C22H23BrN2O4/c1-29-22(28)16-4-2-14(3-5-16)10-24-11-18-21(15-6-8-17(23)9-7-15)19(13-26)25(18)20(27)12-24/h2-9,18-19,21,26H,10-13H2,1H3/t18-,19+,21-/m0/s1. The number of hydrogen-bond donors (Lipinski definition) is 1. The first kappa shape index (κ1) is 20.1. The molecule has 2 heterocycles. The highest BCUT2D eigenvalue weighted by molar-refractivity contribution is 9.10. The van der Waals surface area contributed by atoms with E-state index in [2.05, 4.69) is 33.0 Å². The molecule has 29 heavy (non-hydrogen) atoms. The number of aliphatic hydroxyl groups excluding tert-OH is 1. The average molecular weight is 459 g/mol. The van der Waals surface area contributed by atoms with Gasteiger partial charge in [-0.25, -0.2) is 4.79 Å². The van der Waals surface area contributed by atoms with Gasteiger partial charge < -0.3 is 14.7 Å². The van der Waals surface area contributed by atoms with E-state index in [1.165, 1.54) is 7.11 Å². The molecule has 0 radical (unpaired) electrons. The second-order valence-corrected chi connectivity index (χ2v) is 8.47. The molecule has 0 unspecified atom stereocenters. The first-order valence-corrected chi connectivity index (χ1v) is 10.4. The minimum absolute atomic E-state index is 0.0298. The van der Waals surface area contributed by atoms with Gasteiger partial charge >= 0.3 is 5.97 Å². The first-order valence-electron chi connectivity index (χ1n) is 9.59. The summed E-state index contributed by atoms with van der Waals surface area (Å²) in [7, 11) is 1.36. The van der Waals surface area contributed by atoms with Crippen LogP contribution >= 0.6 is 15.9 Å². The maximum absolute atomic E-state index is 12.7. The maximum atomic E-state index is 12.7. The monoisotopic (exact) mass is 458 g/mol. The van der Waals surface area contributed by atoms with Gasteiger partial charge in [0.2, 0.25) is 5.91 Å². The summed E-state index contributed by atoms with van der Waals surface area (Å²) in [6.45, 7) is 1.69. The zero-order valence-corrected chi connectivity index (χ0v) is 17.7. The lowest BCUT2D eigenvalue weighted by Crippen LogP contribution is -2.72. The van der Waals surface area contributed by atoms with E-state index in [4.69, 9.17) is 4.74 Å². The zero-order valence-electron chi connectivity index (χ0n) is 16.1. The average Bonchev–Trinajstić information content (AvgIpc) is 2.71. The number of hydrogen-bond acceptors (Lipinski definition) is 5. The van der Waals surface area contributed by atoms with Crippen molar-refractivity contribution >= 4 is 27.8 Å². The van der Waals surface area contributed by atoms with Crippen molar-refractivity contribution in [3.8, 4) is 0 Å². The van der Waals surface area contributed by atoms with Gasteiger partial charge in [0.1, 0.15) is 0 Å². The predicted octanol–water partition coefficient (Wildman–Crippen LogP) is 2.41. The lowest BCUT2D eigenvalue weighted by atomic mass is 9.74. The predicted molar refractivity (Wildman–Crippen MR) is 111 cm³/mol. The van der Waals surface area contributed by atoms with E-state index in [0.29, 0.717) is 18.7 Å². The van der Waals surface area contributed by atoms with Gasteiger partial charge in [0, 0.05) is 23.5 Å². The number of methoxy groups -OCH3 is 1. The fourth-order valence-corrected chi connectivity index (χ4v) is 4.76. The van der Waals surface area contributed by atoms with E-state index in [0.717, 1.165) is 22.1 Å². The fourth-order valence-electron chi connectivity index (χ4n) is 4.49. The Kier molecular flexibility index (Phi) is 5.72. The summed E-state index contributed by atoms with van der Waals surface area (Å²) < 4.78 is 5.74. The van der Waals surface area contributed by atoms with Gasteiger partial charge in [-0.05, 0) is 35.4 Å². The van der Waals surface area contributed by atoms with Gasteiger partial charge in [-0.1, -0.05) is 40.2 Å². The smallest absolute Gasteiger partial charge is 0.337 e. The molecular formula is C22H23BrN2O4. The summed E-state index contributed by atoms with van der Waals surface area (Å²) in [5.74, 6) is -0.177. The molecule has 4 rings (SSSR count). The van der Waals surface area contributed by atoms with Crippen molar-refractivity contribution in [3.63, 3.8) is 0 Å².